The van der Waals surface area contributed by atoms with Gasteiger partial charge >= 0.3 is 0 Å². The van der Waals surface area contributed by atoms with E-state index in [1.165, 1.54) is 5.56 Å². The van der Waals surface area contributed by atoms with Crippen LogP contribution in [0.1, 0.15) is 44.7 Å². The molecule has 0 atom stereocenters. The molecule has 1 aromatic rings. The Balaban J connectivity index is 3.17. The average molecular weight is 218 g/mol. The van der Waals surface area contributed by atoms with Crippen molar-refractivity contribution in [2.24, 2.45) is 5.92 Å². The highest BCUT2D eigenvalue weighted by Crippen LogP contribution is 2.24. The predicted octanol–water partition coefficient (Wildman–Crippen LogP) is 3.88. The van der Waals surface area contributed by atoms with Crippen molar-refractivity contribution in [1.29, 1.82) is 5.41 Å². The van der Waals surface area contributed by atoms with Gasteiger partial charge in [0.15, 0.2) is 0 Å². The van der Waals surface area contributed by atoms with Crippen LogP contribution in [0.3, 0.4) is 0 Å². The molecule has 0 aliphatic heterocycles. The van der Waals surface area contributed by atoms with Crippen LogP contribution in [0.5, 0.6) is 0 Å². The molecule has 0 aromatic heterocycles. The highest BCUT2D eigenvalue weighted by atomic mass is 14.8. The van der Waals surface area contributed by atoms with Gasteiger partial charge in [0.25, 0.3) is 0 Å². The third-order valence-electron chi connectivity index (χ3n) is 2.85. The topological polar surface area (TPSA) is 35.9 Å². The Labute approximate surface area is 98.6 Å². The maximum absolute atomic E-state index is 8.07. The molecule has 0 heterocycles. The smallest absolute Gasteiger partial charge is 0.0432 e. The molecule has 0 unspecified atom stereocenters. The molecule has 0 spiro atoms. The van der Waals surface area contributed by atoms with Crippen LogP contribution < -0.4 is 5.32 Å². The van der Waals surface area contributed by atoms with Crippen LogP contribution in [-0.4, -0.2) is 12.8 Å². The van der Waals surface area contributed by atoms with Crippen molar-refractivity contribution in [2.75, 3.05) is 12.4 Å². The molecule has 88 valence electrons. The molecule has 0 fully saturated rings. The fraction of sp³-hybridized carbons (Fsp3) is 0.500. The summed E-state index contributed by atoms with van der Waals surface area (Å²) in [6, 6.07) is 6.33. The summed E-state index contributed by atoms with van der Waals surface area (Å²) in [7, 11) is 1.91. The maximum Gasteiger partial charge on any atom is 0.0432 e. The van der Waals surface area contributed by atoms with E-state index in [-0.39, 0.29) is 5.92 Å². The summed E-state index contributed by atoms with van der Waals surface area (Å²) in [5.74, 6) is 0.784. The lowest BCUT2D eigenvalue weighted by atomic mass is 9.94. The summed E-state index contributed by atoms with van der Waals surface area (Å²) >= 11 is 0. The Morgan fingerprint density at radius 1 is 1.19 bits per heavy atom. The Bertz CT molecular complexity index is 378. The summed E-state index contributed by atoms with van der Waals surface area (Å²) in [5.41, 5.74) is 4.08. The lowest BCUT2D eigenvalue weighted by Crippen LogP contribution is -2.10. The van der Waals surface area contributed by atoms with Gasteiger partial charge in [-0.25, -0.2) is 0 Å². The van der Waals surface area contributed by atoms with Gasteiger partial charge in [-0.05, 0) is 23.5 Å². The lowest BCUT2D eigenvalue weighted by Gasteiger charge is -2.15. The highest BCUT2D eigenvalue weighted by Gasteiger charge is 2.11. The van der Waals surface area contributed by atoms with E-state index >= 15 is 0 Å². The SMILES string of the molecule is CNc1cc(C(C)C)ccc1C(=N)C(C)C. The van der Waals surface area contributed by atoms with E-state index in [0.29, 0.717) is 11.6 Å². The van der Waals surface area contributed by atoms with Crippen LogP contribution in [0.25, 0.3) is 0 Å². The Hall–Kier alpha value is -1.31. The molecule has 0 radical (unpaired) electrons. The molecule has 0 bridgehead atoms. The molecule has 1 aromatic carbocycles. The first-order chi connectivity index (χ1) is 7.47. The van der Waals surface area contributed by atoms with Crippen molar-refractivity contribution in [1.82, 2.24) is 0 Å². The second kappa shape index (κ2) is 5.15. The zero-order valence-electron chi connectivity index (χ0n) is 10.9. The minimum absolute atomic E-state index is 0.261. The van der Waals surface area contributed by atoms with Crippen LogP contribution in [0.15, 0.2) is 18.2 Å². The average Bonchev–Trinajstić information content (AvgIpc) is 2.26. The summed E-state index contributed by atoms with van der Waals surface area (Å²) in [6.07, 6.45) is 0. The van der Waals surface area contributed by atoms with E-state index in [9.17, 15) is 0 Å². The van der Waals surface area contributed by atoms with E-state index in [2.05, 4.69) is 51.2 Å². The van der Waals surface area contributed by atoms with Gasteiger partial charge in [-0.15, -0.1) is 0 Å². The summed E-state index contributed by atoms with van der Waals surface area (Å²) < 4.78 is 0. The molecule has 2 nitrogen and oxygen atoms in total. The zero-order chi connectivity index (χ0) is 12.3. The summed E-state index contributed by atoms with van der Waals surface area (Å²) in [4.78, 5) is 0. The van der Waals surface area contributed by atoms with Crippen LogP contribution in [0, 0.1) is 11.3 Å². The van der Waals surface area contributed by atoms with Crippen molar-refractivity contribution < 1.29 is 0 Å². The van der Waals surface area contributed by atoms with E-state index in [0.717, 1.165) is 11.3 Å². The fourth-order valence-electron chi connectivity index (χ4n) is 1.67. The Morgan fingerprint density at radius 2 is 1.81 bits per heavy atom. The molecule has 2 heteroatoms. The van der Waals surface area contributed by atoms with Crippen molar-refractivity contribution in [3.8, 4) is 0 Å². The predicted molar refractivity (Wildman–Crippen MR) is 71.7 cm³/mol. The van der Waals surface area contributed by atoms with Crippen molar-refractivity contribution in [3.63, 3.8) is 0 Å². The van der Waals surface area contributed by atoms with Crippen LogP contribution in [0.4, 0.5) is 5.69 Å². The van der Waals surface area contributed by atoms with E-state index < -0.39 is 0 Å². The van der Waals surface area contributed by atoms with Crippen LogP contribution in [0.2, 0.25) is 0 Å². The van der Waals surface area contributed by atoms with E-state index in [1.54, 1.807) is 0 Å². The number of hydrogen-bond donors (Lipinski definition) is 2. The van der Waals surface area contributed by atoms with Crippen molar-refractivity contribution >= 4 is 11.4 Å². The summed E-state index contributed by atoms with van der Waals surface area (Å²) in [5, 5.41) is 11.3. The first kappa shape index (κ1) is 12.8. The Kier molecular flexibility index (Phi) is 4.11. The number of nitrogens with one attached hydrogen (secondary N) is 2. The van der Waals surface area contributed by atoms with Gasteiger partial charge in [0, 0.05) is 24.0 Å². The minimum atomic E-state index is 0.261. The maximum atomic E-state index is 8.07. The number of benzene rings is 1. The molecule has 0 aliphatic carbocycles. The third-order valence-corrected chi connectivity index (χ3v) is 2.85. The molecule has 0 saturated heterocycles. The van der Waals surface area contributed by atoms with Crippen LogP contribution >= 0.6 is 0 Å². The normalized spacial score (nSPS) is 10.9. The van der Waals surface area contributed by atoms with Gasteiger partial charge < -0.3 is 10.7 Å². The molecule has 0 saturated carbocycles. The van der Waals surface area contributed by atoms with Gasteiger partial charge in [0.1, 0.15) is 0 Å². The van der Waals surface area contributed by atoms with Gasteiger partial charge in [-0.2, -0.15) is 0 Å². The lowest BCUT2D eigenvalue weighted by molar-refractivity contribution is 0.863. The second-order valence-corrected chi connectivity index (χ2v) is 4.78. The minimum Gasteiger partial charge on any atom is -0.388 e. The monoisotopic (exact) mass is 218 g/mol. The molecular formula is C14H22N2. The molecule has 0 aliphatic rings. The molecular weight excluding hydrogens is 196 g/mol. The van der Waals surface area contributed by atoms with Crippen molar-refractivity contribution in [3.05, 3.63) is 29.3 Å². The first-order valence-electron chi connectivity index (χ1n) is 5.87. The van der Waals surface area contributed by atoms with Crippen LogP contribution in [-0.2, 0) is 0 Å². The standard InChI is InChI=1S/C14H22N2/c1-9(2)11-6-7-12(13(8-11)16-5)14(15)10(3)4/h6-10,15-16H,1-5H3. The quantitative estimate of drug-likeness (QED) is 0.739. The molecule has 2 N–H and O–H groups in total. The second-order valence-electron chi connectivity index (χ2n) is 4.78. The number of anilines is 1. The largest absolute Gasteiger partial charge is 0.388 e. The van der Waals surface area contributed by atoms with Gasteiger partial charge in [-0.3, -0.25) is 0 Å². The third kappa shape index (κ3) is 2.63. The Morgan fingerprint density at radius 3 is 2.25 bits per heavy atom. The first-order valence-corrected chi connectivity index (χ1v) is 5.87. The van der Waals surface area contributed by atoms with E-state index in [1.807, 2.05) is 7.05 Å². The van der Waals surface area contributed by atoms with Crippen molar-refractivity contribution in [2.45, 2.75) is 33.6 Å². The van der Waals surface area contributed by atoms with Gasteiger partial charge in [0.05, 0.1) is 0 Å². The van der Waals surface area contributed by atoms with Gasteiger partial charge in [-0.1, -0.05) is 39.8 Å². The molecule has 1 rings (SSSR count). The number of rotatable bonds is 4. The zero-order valence-corrected chi connectivity index (χ0v) is 10.9. The van der Waals surface area contributed by atoms with Gasteiger partial charge in [0.2, 0.25) is 0 Å². The molecule has 16 heavy (non-hydrogen) atoms. The molecule has 0 amide bonds. The number of hydrogen-bond acceptors (Lipinski definition) is 2. The van der Waals surface area contributed by atoms with E-state index in [4.69, 9.17) is 5.41 Å². The highest BCUT2D eigenvalue weighted by molar-refractivity contribution is 6.04. The summed E-state index contributed by atoms with van der Waals surface area (Å²) in [6.45, 7) is 8.47. The fourth-order valence-corrected chi connectivity index (χ4v) is 1.67.